The molecular formula is C25H31N5O2S. The predicted octanol–water partition coefficient (Wildman–Crippen LogP) is 4.75. The minimum Gasteiger partial charge on any atom is -0.325 e. The molecule has 3 aromatic rings. The summed E-state index contributed by atoms with van der Waals surface area (Å²) >= 11 is 1.32. The summed E-state index contributed by atoms with van der Waals surface area (Å²) in [6.07, 6.45) is 0.114. The van der Waals surface area contributed by atoms with Gasteiger partial charge in [0.25, 0.3) is 0 Å². The van der Waals surface area contributed by atoms with Gasteiger partial charge in [0.1, 0.15) is 5.82 Å². The van der Waals surface area contributed by atoms with Crippen LogP contribution in [0.2, 0.25) is 0 Å². The van der Waals surface area contributed by atoms with Crippen molar-refractivity contribution in [3.8, 4) is 0 Å². The van der Waals surface area contributed by atoms with E-state index in [1.807, 2.05) is 64.3 Å². The summed E-state index contributed by atoms with van der Waals surface area (Å²) in [5, 5.41) is 15.0. The number of benzene rings is 2. The lowest BCUT2D eigenvalue weighted by Gasteiger charge is -2.13. The van der Waals surface area contributed by atoms with Crippen LogP contribution in [-0.2, 0) is 22.6 Å². The van der Waals surface area contributed by atoms with Gasteiger partial charge < -0.3 is 15.2 Å². The number of nitrogens with one attached hydrogen (secondary N) is 2. The Hall–Kier alpha value is -3.13. The normalized spacial score (nSPS) is 10.8. The van der Waals surface area contributed by atoms with E-state index in [2.05, 4.69) is 33.0 Å². The molecule has 174 valence electrons. The third-order valence-electron chi connectivity index (χ3n) is 5.36. The minimum absolute atomic E-state index is 0.102. The molecule has 0 aliphatic rings. The topological polar surface area (TPSA) is 88.9 Å². The summed E-state index contributed by atoms with van der Waals surface area (Å²) in [4.78, 5) is 25.2. The molecule has 8 heteroatoms. The zero-order valence-electron chi connectivity index (χ0n) is 20.1. The average Bonchev–Trinajstić information content (AvgIpc) is 3.12. The van der Waals surface area contributed by atoms with Gasteiger partial charge >= 0.3 is 0 Å². The van der Waals surface area contributed by atoms with Crippen molar-refractivity contribution in [2.45, 2.75) is 59.7 Å². The first-order valence-corrected chi connectivity index (χ1v) is 12.0. The van der Waals surface area contributed by atoms with Crippen LogP contribution in [0.25, 0.3) is 0 Å². The summed E-state index contributed by atoms with van der Waals surface area (Å²) in [7, 11) is 0. The van der Waals surface area contributed by atoms with Gasteiger partial charge in [-0.05, 0) is 64.3 Å². The number of thioether (sulfide) groups is 1. The Morgan fingerprint density at radius 2 is 1.55 bits per heavy atom. The molecule has 0 aliphatic carbocycles. The number of nitrogens with zero attached hydrogens (tertiary/aromatic N) is 3. The van der Waals surface area contributed by atoms with Crippen molar-refractivity contribution in [3.63, 3.8) is 0 Å². The highest BCUT2D eigenvalue weighted by atomic mass is 32.2. The quantitative estimate of drug-likeness (QED) is 0.469. The molecular weight excluding hydrogens is 434 g/mol. The third-order valence-corrected chi connectivity index (χ3v) is 6.32. The van der Waals surface area contributed by atoms with Gasteiger partial charge in [0, 0.05) is 17.9 Å². The maximum absolute atomic E-state index is 12.6. The fourth-order valence-electron chi connectivity index (χ4n) is 3.85. The van der Waals surface area contributed by atoms with Crippen molar-refractivity contribution in [3.05, 3.63) is 64.0 Å². The van der Waals surface area contributed by atoms with Crippen LogP contribution in [0, 0.1) is 34.6 Å². The molecule has 0 fully saturated rings. The Balaban J connectivity index is 1.62. The van der Waals surface area contributed by atoms with Crippen molar-refractivity contribution >= 4 is 35.0 Å². The van der Waals surface area contributed by atoms with Crippen LogP contribution in [0.3, 0.4) is 0 Å². The molecule has 0 spiro atoms. The van der Waals surface area contributed by atoms with Gasteiger partial charge in [-0.15, -0.1) is 10.2 Å². The van der Waals surface area contributed by atoms with Crippen LogP contribution >= 0.6 is 11.8 Å². The lowest BCUT2D eigenvalue weighted by Crippen LogP contribution is -2.18. The van der Waals surface area contributed by atoms with Gasteiger partial charge in [0.15, 0.2) is 5.16 Å². The molecule has 0 radical (unpaired) electrons. The number of amides is 2. The highest BCUT2D eigenvalue weighted by Gasteiger charge is 2.17. The highest BCUT2D eigenvalue weighted by molar-refractivity contribution is 7.99. The summed E-state index contributed by atoms with van der Waals surface area (Å²) in [5.74, 6) is 0.533. The first kappa shape index (κ1) is 24.5. The molecule has 0 atom stereocenters. The molecule has 1 heterocycles. The first-order chi connectivity index (χ1) is 15.7. The van der Waals surface area contributed by atoms with E-state index in [1.54, 1.807) is 0 Å². The van der Waals surface area contributed by atoms with Crippen LogP contribution in [-0.4, -0.2) is 32.3 Å². The average molecular weight is 466 g/mol. The standard InChI is InChI=1S/C25H31N5O2S/c1-7-30-21(13-22(31)26-20-9-8-15(2)10-17(20)4)28-29-25(30)33-14-23(32)27-24-18(5)11-16(3)12-19(24)6/h8-12H,7,13-14H2,1-6H3,(H,26,31)(H,27,32). The van der Waals surface area contributed by atoms with Crippen molar-refractivity contribution in [2.24, 2.45) is 0 Å². The summed E-state index contributed by atoms with van der Waals surface area (Å²) in [6, 6.07) is 10.0. The Morgan fingerprint density at radius 1 is 0.879 bits per heavy atom. The molecule has 3 rings (SSSR count). The Kier molecular flexibility index (Phi) is 7.92. The van der Waals surface area contributed by atoms with Crippen LogP contribution in [0.1, 0.15) is 40.6 Å². The maximum atomic E-state index is 12.6. The first-order valence-electron chi connectivity index (χ1n) is 11.0. The zero-order chi connectivity index (χ0) is 24.1. The third kappa shape index (κ3) is 6.22. The second-order valence-corrected chi connectivity index (χ2v) is 9.24. The van der Waals surface area contributed by atoms with Gasteiger partial charge in [-0.2, -0.15) is 0 Å². The SMILES string of the molecule is CCn1c(CC(=O)Nc2ccc(C)cc2C)nnc1SCC(=O)Nc1c(C)cc(C)cc1C. The molecule has 7 nitrogen and oxygen atoms in total. The number of aromatic nitrogens is 3. The molecule has 2 amide bonds. The maximum Gasteiger partial charge on any atom is 0.234 e. The lowest BCUT2D eigenvalue weighted by molar-refractivity contribution is -0.116. The van der Waals surface area contributed by atoms with E-state index in [4.69, 9.17) is 0 Å². The predicted molar refractivity (Wildman–Crippen MR) is 134 cm³/mol. The van der Waals surface area contributed by atoms with Gasteiger partial charge in [-0.3, -0.25) is 9.59 Å². The van der Waals surface area contributed by atoms with Gasteiger partial charge in [-0.25, -0.2) is 0 Å². The molecule has 0 aliphatic heterocycles. The van der Waals surface area contributed by atoms with Crippen LogP contribution in [0.5, 0.6) is 0 Å². The Bertz CT molecular complexity index is 1160. The second kappa shape index (κ2) is 10.7. The highest BCUT2D eigenvalue weighted by Crippen LogP contribution is 2.23. The van der Waals surface area contributed by atoms with E-state index < -0.39 is 0 Å². The molecule has 0 saturated carbocycles. The largest absolute Gasteiger partial charge is 0.325 e. The molecule has 0 bridgehead atoms. The Morgan fingerprint density at radius 3 is 2.18 bits per heavy atom. The van der Waals surface area contributed by atoms with E-state index >= 15 is 0 Å². The number of carbonyl (C=O) groups is 2. The molecule has 0 unspecified atom stereocenters. The van der Waals surface area contributed by atoms with Crippen LogP contribution in [0.15, 0.2) is 35.5 Å². The number of anilines is 2. The monoisotopic (exact) mass is 465 g/mol. The summed E-state index contributed by atoms with van der Waals surface area (Å²) in [5.41, 5.74) is 7.06. The lowest BCUT2D eigenvalue weighted by atomic mass is 10.1. The van der Waals surface area contributed by atoms with E-state index in [0.717, 1.165) is 33.6 Å². The number of hydrogen-bond acceptors (Lipinski definition) is 5. The van der Waals surface area contributed by atoms with Crippen LogP contribution in [0.4, 0.5) is 11.4 Å². The van der Waals surface area contributed by atoms with Crippen molar-refractivity contribution in [1.82, 2.24) is 14.8 Å². The van der Waals surface area contributed by atoms with Crippen LogP contribution < -0.4 is 10.6 Å². The summed E-state index contributed by atoms with van der Waals surface area (Å²) < 4.78 is 1.88. The van der Waals surface area contributed by atoms with E-state index in [9.17, 15) is 9.59 Å². The second-order valence-electron chi connectivity index (χ2n) is 8.30. The van der Waals surface area contributed by atoms with Gasteiger partial charge in [0.2, 0.25) is 11.8 Å². The van der Waals surface area contributed by atoms with E-state index in [1.165, 1.54) is 17.3 Å². The Labute approximate surface area is 199 Å². The fraction of sp³-hybridized carbons (Fsp3) is 0.360. The number of aryl methyl sites for hydroxylation is 5. The zero-order valence-corrected chi connectivity index (χ0v) is 20.9. The van der Waals surface area contributed by atoms with Gasteiger partial charge in [0.05, 0.1) is 12.2 Å². The summed E-state index contributed by atoms with van der Waals surface area (Å²) in [6.45, 7) is 12.6. The van der Waals surface area contributed by atoms with Crippen molar-refractivity contribution in [2.75, 3.05) is 16.4 Å². The molecule has 2 N–H and O–H groups in total. The minimum atomic E-state index is -0.149. The molecule has 2 aromatic carbocycles. The molecule has 33 heavy (non-hydrogen) atoms. The van der Waals surface area contributed by atoms with E-state index in [-0.39, 0.29) is 24.0 Å². The van der Waals surface area contributed by atoms with Crippen molar-refractivity contribution in [1.29, 1.82) is 0 Å². The number of carbonyl (C=O) groups excluding carboxylic acids is 2. The van der Waals surface area contributed by atoms with E-state index in [0.29, 0.717) is 17.5 Å². The number of rotatable bonds is 8. The van der Waals surface area contributed by atoms with Crippen molar-refractivity contribution < 1.29 is 9.59 Å². The van der Waals surface area contributed by atoms with Gasteiger partial charge in [-0.1, -0.05) is 47.2 Å². The fourth-order valence-corrected chi connectivity index (χ4v) is 4.67. The molecule has 1 aromatic heterocycles. The number of hydrogen-bond donors (Lipinski definition) is 2. The molecule has 0 saturated heterocycles. The smallest absolute Gasteiger partial charge is 0.234 e.